The highest BCUT2D eigenvalue weighted by atomic mass is 16.5. The molecule has 1 aromatic carbocycles. The van der Waals surface area contributed by atoms with E-state index < -0.39 is 0 Å². The second-order valence-corrected chi connectivity index (χ2v) is 6.67. The van der Waals surface area contributed by atoms with Gasteiger partial charge in [-0.05, 0) is 82.1 Å². The minimum Gasteiger partial charge on any atom is -0.493 e. The molecule has 2 nitrogen and oxygen atoms in total. The molecule has 0 spiro atoms. The smallest absolute Gasteiger partial charge is 0.122 e. The van der Waals surface area contributed by atoms with Crippen LogP contribution < -0.4 is 9.64 Å². The molecular weight excluding hydrogens is 258 g/mol. The molecule has 0 radical (unpaired) electrons. The quantitative estimate of drug-likeness (QED) is 0.761. The highest BCUT2D eigenvalue weighted by Crippen LogP contribution is 2.23. The maximum absolute atomic E-state index is 5.98. The molecule has 2 heteroatoms. The van der Waals surface area contributed by atoms with Gasteiger partial charge in [-0.1, -0.05) is 6.07 Å². The lowest BCUT2D eigenvalue weighted by atomic mass is 10.1. The zero-order valence-electron chi connectivity index (χ0n) is 14.1. The van der Waals surface area contributed by atoms with E-state index in [1.165, 1.54) is 74.8 Å². The molecule has 0 aliphatic carbocycles. The van der Waals surface area contributed by atoms with E-state index >= 15 is 0 Å². The first-order valence-corrected chi connectivity index (χ1v) is 8.71. The van der Waals surface area contributed by atoms with Gasteiger partial charge in [0.2, 0.25) is 0 Å². The van der Waals surface area contributed by atoms with Crippen LogP contribution in [0.1, 0.15) is 55.2 Å². The molecule has 1 fully saturated rings. The predicted octanol–water partition coefficient (Wildman–Crippen LogP) is 3.23. The van der Waals surface area contributed by atoms with Crippen LogP contribution >= 0.6 is 0 Å². The SMILES string of the molecule is Cc1cc(C)c(C)c(OCCCCC[NH+]2CCCCC2)c1. The normalized spacial score (nSPS) is 16.1. The van der Waals surface area contributed by atoms with Gasteiger partial charge >= 0.3 is 0 Å². The van der Waals surface area contributed by atoms with E-state index in [1.807, 2.05) is 4.90 Å². The topological polar surface area (TPSA) is 13.7 Å². The zero-order chi connectivity index (χ0) is 15.1. The van der Waals surface area contributed by atoms with Crippen LogP contribution in [0.5, 0.6) is 5.75 Å². The first-order valence-electron chi connectivity index (χ1n) is 8.71. The molecule has 1 aliphatic heterocycles. The molecule has 1 aliphatic rings. The lowest BCUT2D eigenvalue weighted by Gasteiger charge is -2.23. The van der Waals surface area contributed by atoms with Gasteiger partial charge in [0.05, 0.1) is 26.2 Å². The van der Waals surface area contributed by atoms with Gasteiger partial charge in [-0.25, -0.2) is 0 Å². The summed E-state index contributed by atoms with van der Waals surface area (Å²) in [6.07, 6.45) is 8.15. The van der Waals surface area contributed by atoms with Crippen LogP contribution in [0.15, 0.2) is 12.1 Å². The Morgan fingerprint density at radius 2 is 1.71 bits per heavy atom. The Kier molecular flexibility index (Phi) is 6.56. The fourth-order valence-electron chi connectivity index (χ4n) is 3.29. The summed E-state index contributed by atoms with van der Waals surface area (Å²) in [6, 6.07) is 4.39. The van der Waals surface area contributed by atoms with E-state index in [0.717, 1.165) is 12.4 Å². The molecule has 2 rings (SSSR count). The van der Waals surface area contributed by atoms with Crippen molar-refractivity contribution in [3.05, 3.63) is 28.8 Å². The van der Waals surface area contributed by atoms with Gasteiger partial charge in [-0.2, -0.15) is 0 Å². The minimum absolute atomic E-state index is 0.860. The summed E-state index contributed by atoms with van der Waals surface area (Å²) in [6.45, 7) is 11.5. The van der Waals surface area contributed by atoms with Crippen LogP contribution in [0, 0.1) is 20.8 Å². The van der Waals surface area contributed by atoms with Gasteiger partial charge in [0, 0.05) is 0 Å². The fourth-order valence-corrected chi connectivity index (χ4v) is 3.29. The number of quaternary nitrogens is 1. The van der Waals surface area contributed by atoms with Gasteiger partial charge in [-0.15, -0.1) is 0 Å². The van der Waals surface area contributed by atoms with Gasteiger partial charge in [0.15, 0.2) is 0 Å². The second-order valence-electron chi connectivity index (χ2n) is 6.67. The Morgan fingerprint density at radius 3 is 2.48 bits per heavy atom. The summed E-state index contributed by atoms with van der Waals surface area (Å²) in [5, 5.41) is 0. The number of hydrogen-bond donors (Lipinski definition) is 1. The molecule has 1 heterocycles. The van der Waals surface area contributed by atoms with Crippen LogP contribution in [0.3, 0.4) is 0 Å². The maximum atomic E-state index is 5.98. The second kappa shape index (κ2) is 8.43. The van der Waals surface area contributed by atoms with Crippen molar-refractivity contribution in [3.63, 3.8) is 0 Å². The highest BCUT2D eigenvalue weighted by Gasteiger charge is 2.12. The van der Waals surface area contributed by atoms with Crippen molar-refractivity contribution in [2.24, 2.45) is 0 Å². The molecule has 1 aromatic rings. The lowest BCUT2D eigenvalue weighted by molar-refractivity contribution is -0.905. The summed E-state index contributed by atoms with van der Waals surface area (Å²) in [7, 11) is 0. The van der Waals surface area contributed by atoms with Crippen molar-refractivity contribution in [2.75, 3.05) is 26.2 Å². The Labute approximate surface area is 130 Å². The van der Waals surface area contributed by atoms with Gasteiger partial charge in [0.25, 0.3) is 0 Å². The Morgan fingerprint density at radius 1 is 0.952 bits per heavy atom. The van der Waals surface area contributed by atoms with Crippen molar-refractivity contribution < 1.29 is 9.64 Å². The number of aryl methyl sites for hydroxylation is 2. The standard InChI is InChI=1S/C19H31NO/c1-16-14-17(2)18(3)19(15-16)21-13-9-5-8-12-20-10-6-4-7-11-20/h14-15H,4-13H2,1-3H3/p+1. The molecule has 0 bridgehead atoms. The van der Waals surface area contributed by atoms with Gasteiger partial charge in [0.1, 0.15) is 5.75 Å². The number of unbranched alkanes of at least 4 members (excludes halogenated alkanes) is 2. The monoisotopic (exact) mass is 290 g/mol. The van der Waals surface area contributed by atoms with Crippen LogP contribution in [0.25, 0.3) is 0 Å². The zero-order valence-corrected chi connectivity index (χ0v) is 14.1. The number of rotatable bonds is 7. The first-order chi connectivity index (χ1) is 10.2. The van der Waals surface area contributed by atoms with Crippen LogP contribution in [-0.2, 0) is 0 Å². The van der Waals surface area contributed by atoms with Crippen LogP contribution in [0.2, 0.25) is 0 Å². The van der Waals surface area contributed by atoms with Crippen molar-refractivity contribution >= 4 is 0 Å². The third-order valence-corrected chi connectivity index (χ3v) is 4.76. The Hall–Kier alpha value is -1.02. The number of ether oxygens (including phenoxy) is 1. The van der Waals surface area contributed by atoms with Gasteiger partial charge < -0.3 is 9.64 Å². The van der Waals surface area contributed by atoms with E-state index in [1.54, 1.807) is 0 Å². The maximum Gasteiger partial charge on any atom is 0.122 e. The Balaban J connectivity index is 1.61. The minimum atomic E-state index is 0.860. The van der Waals surface area contributed by atoms with E-state index in [2.05, 4.69) is 32.9 Å². The van der Waals surface area contributed by atoms with Gasteiger partial charge in [-0.3, -0.25) is 0 Å². The molecule has 0 atom stereocenters. The van der Waals surface area contributed by atoms with E-state index in [0.29, 0.717) is 0 Å². The lowest BCUT2D eigenvalue weighted by Crippen LogP contribution is -3.12. The summed E-state index contributed by atoms with van der Waals surface area (Å²) >= 11 is 0. The third kappa shape index (κ3) is 5.35. The molecule has 0 aromatic heterocycles. The molecular formula is C19H32NO+. The number of piperidine rings is 1. The summed E-state index contributed by atoms with van der Waals surface area (Å²) in [5.41, 5.74) is 3.92. The van der Waals surface area contributed by atoms with Crippen molar-refractivity contribution in [1.82, 2.24) is 0 Å². The summed E-state index contributed by atoms with van der Waals surface area (Å²) < 4.78 is 5.98. The molecule has 0 saturated carbocycles. The van der Waals surface area contributed by atoms with E-state index in [4.69, 9.17) is 4.74 Å². The first kappa shape index (κ1) is 16.4. The van der Waals surface area contributed by atoms with Crippen LogP contribution in [-0.4, -0.2) is 26.2 Å². The molecule has 0 amide bonds. The molecule has 1 N–H and O–H groups in total. The average Bonchev–Trinajstić information content (AvgIpc) is 2.48. The van der Waals surface area contributed by atoms with Crippen LogP contribution in [0.4, 0.5) is 0 Å². The average molecular weight is 290 g/mol. The largest absolute Gasteiger partial charge is 0.493 e. The summed E-state index contributed by atoms with van der Waals surface area (Å²) in [5.74, 6) is 1.08. The Bertz CT molecular complexity index is 435. The highest BCUT2D eigenvalue weighted by molar-refractivity contribution is 5.41. The van der Waals surface area contributed by atoms with E-state index in [-0.39, 0.29) is 0 Å². The molecule has 0 unspecified atom stereocenters. The number of hydrogen-bond acceptors (Lipinski definition) is 1. The predicted molar refractivity (Wildman–Crippen MR) is 89.4 cm³/mol. The van der Waals surface area contributed by atoms with Crippen molar-refractivity contribution in [1.29, 1.82) is 0 Å². The number of benzene rings is 1. The van der Waals surface area contributed by atoms with E-state index in [9.17, 15) is 0 Å². The van der Waals surface area contributed by atoms with Crippen molar-refractivity contribution in [3.8, 4) is 5.75 Å². The van der Waals surface area contributed by atoms with Crippen molar-refractivity contribution in [2.45, 2.75) is 59.3 Å². The molecule has 118 valence electrons. The molecule has 1 saturated heterocycles. The number of likely N-dealkylation sites (tertiary alicyclic amines) is 1. The summed E-state index contributed by atoms with van der Waals surface area (Å²) in [4.78, 5) is 1.83. The third-order valence-electron chi connectivity index (χ3n) is 4.76. The fraction of sp³-hybridized carbons (Fsp3) is 0.684. The molecule has 21 heavy (non-hydrogen) atoms. The number of nitrogens with one attached hydrogen (secondary N) is 1.